The zero-order valence-electron chi connectivity index (χ0n) is 14.2. The van der Waals surface area contributed by atoms with Gasteiger partial charge in [-0.25, -0.2) is 4.79 Å². The molecule has 1 fully saturated rings. The Balaban J connectivity index is 1.65. The van der Waals surface area contributed by atoms with Gasteiger partial charge in [-0.1, -0.05) is 18.6 Å². The third-order valence-corrected chi connectivity index (χ3v) is 4.34. The number of piperidine rings is 1. The highest BCUT2D eigenvalue weighted by Crippen LogP contribution is 2.16. The Labute approximate surface area is 146 Å². The van der Waals surface area contributed by atoms with Gasteiger partial charge in [0.25, 0.3) is 5.91 Å². The van der Waals surface area contributed by atoms with Crippen molar-refractivity contribution in [2.45, 2.75) is 25.8 Å². The number of carboxylic acid groups (broad SMARTS) is 1. The molecule has 0 atom stereocenters. The summed E-state index contributed by atoms with van der Waals surface area (Å²) in [4.78, 5) is 25.9. The second-order valence-corrected chi connectivity index (χ2v) is 6.36. The van der Waals surface area contributed by atoms with E-state index in [2.05, 4.69) is 15.3 Å². The minimum atomic E-state index is -1.22. The standard InChI is InChI=1S/C18H22N4O3/c1-21-12-15(16(20-21)18(24)25)17(23)19-14-7-5-13(6-8-14)11-22-9-3-2-4-10-22/h5-8,12H,2-4,9-11H2,1H3,(H,19,23)(H,24,25). The van der Waals surface area contributed by atoms with Gasteiger partial charge < -0.3 is 10.4 Å². The average Bonchev–Trinajstić information content (AvgIpc) is 3.00. The predicted octanol–water partition coefficient (Wildman–Crippen LogP) is 2.36. The first-order valence-corrected chi connectivity index (χ1v) is 8.42. The number of rotatable bonds is 5. The van der Waals surface area contributed by atoms with Gasteiger partial charge in [-0.05, 0) is 43.6 Å². The molecule has 1 aromatic heterocycles. The number of benzene rings is 1. The quantitative estimate of drug-likeness (QED) is 0.871. The van der Waals surface area contributed by atoms with Crippen molar-refractivity contribution in [3.05, 3.63) is 47.3 Å². The van der Waals surface area contributed by atoms with Gasteiger partial charge in [-0.2, -0.15) is 5.10 Å². The number of aromatic carboxylic acids is 1. The van der Waals surface area contributed by atoms with Gasteiger partial charge in [0, 0.05) is 25.5 Å². The molecule has 25 heavy (non-hydrogen) atoms. The lowest BCUT2D eigenvalue weighted by Gasteiger charge is -2.26. The third kappa shape index (κ3) is 4.24. The predicted molar refractivity (Wildman–Crippen MR) is 93.7 cm³/mol. The van der Waals surface area contributed by atoms with E-state index in [0.717, 1.165) is 19.6 Å². The number of amides is 1. The van der Waals surface area contributed by atoms with E-state index in [1.165, 1.54) is 35.7 Å². The summed E-state index contributed by atoms with van der Waals surface area (Å²) in [5, 5.41) is 15.7. The van der Waals surface area contributed by atoms with Crippen molar-refractivity contribution < 1.29 is 14.7 Å². The van der Waals surface area contributed by atoms with Crippen molar-refractivity contribution >= 4 is 17.6 Å². The first kappa shape index (κ1) is 17.2. The molecule has 1 aromatic carbocycles. The van der Waals surface area contributed by atoms with Crippen LogP contribution in [0.2, 0.25) is 0 Å². The van der Waals surface area contributed by atoms with Gasteiger partial charge in [0.2, 0.25) is 0 Å². The normalized spacial score (nSPS) is 15.1. The van der Waals surface area contributed by atoms with E-state index in [9.17, 15) is 9.59 Å². The van der Waals surface area contributed by atoms with Crippen LogP contribution in [-0.2, 0) is 13.6 Å². The molecule has 1 saturated heterocycles. The lowest BCUT2D eigenvalue weighted by atomic mass is 10.1. The Morgan fingerprint density at radius 3 is 2.48 bits per heavy atom. The van der Waals surface area contributed by atoms with E-state index >= 15 is 0 Å². The number of carbonyl (C=O) groups is 2. The van der Waals surface area contributed by atoms with Gasteiger partial charge >= 0.3 is 5.97 Å². The molecule has 0 unspecified atom stereocenters. The van der Waals surface area contributed by atoms with Crippen LogP contribution < -0.4 is 5.32 Å². The average molecular weight is 342 g/mol. The smallest absolute Gasteiger partial charge is 0.357 e. The van der Waals surface area contributed by atoms with E-state index in [0.29, 0.717) is 5.69 Å². The zero-order chi connectivity index (χ0) is 17.8. The fraction of sp³-hybridized carbons (Fsp3) is 0.389. The van der Waals surface area contributed by atoms with Crippen molar-refractivity contribution in [1.29, 1.82) is 0 Å². The van der Waals surface area contributed by atoms with Crippen LogP contribution in [-0.4, -0.2) is 44.8 Å². The van der Waals surface area contributed by atoms with Crippen LogP contribution >= 0.6 is 0 Å². The van der Waals surface area contributed by atoms with E-state index in [1.54, 1.807) is 7.05 Å². The molecule has 7 heteroatoms. The number of aromatic nitrogens is 2. The molecule has 2 aromatic rings. The fourth-order valence-corrected chi connectivity index (χ4v) is 3.08. The molecule has 0 aliphatic carbocycles. The van der Waals surface area contributed by atoms with E-state index in [1.807, 2.05) is 24.3 Å². The molecule has 3 rings (SSSR count). The van der Waals surface area contributed by atoms with Crippen molar-refractivity contribution in [3.63, 3.8) is 0 Å². The van der Waals surface area contributed by atoms with Crippen LogP contribution in [0.3, 0.4) is 0 Å². The summed E-state index contributed by atoms with van der Waals surface area (Å²) in [7, 11) is 1.58. The number of likely N-dealkylation sites (tertiary alicyclic amines) is 1. The molecular formula is C18H22N4O3. The molecule has 0 saturated carbocycles. The van der Waals surface area contributed by atoms with Crippen LogP contribution in [0.5, 0.6) is 0 Å². The summed E-state index contributed by atoms with van der Waals surface area (Å²) in [6.07, 6.45) is 5.23. The van der Waals surface area contributed by atoms with Crippen LogP contribution in [0.25, 0.3) is 0 Å². The first-order valence-electron chi connectivity index (χ1n) is 8.42. The van der Waals surface area contributed by atoms with Crippen molar-refractivity contribution in [2.75, 3.05) is 18.4 Å². The summed E-state index contributed by atoms with van der Waals surface area (Å²) in [5.74, 6) is -1.70. The minimum Gasteiger partial charge on any atom is -0.476 e. The number of nitrogens with zero attached hydrogens (tertiary/aromatic N) is 3. The number of carbonyl (C=O) groups excluding carboxylic acids is 1. The number of hydrogen-bond donors (Lipinski definition) is 2. The highest BCUT2D eigenvalue weighted by molar-refractivity contribution is 6.09. The highest BCUT2D eigenvalue weighted by Gasteiger charge is 2.21. The Kier molecular flexibility index (Phi) is 5.14. The SMILES string of the molecule is Cn1cc(C(=O)Nc2ccc(CN3CCCCC3)cc2)c(C(=O)O)n1. The van der Waals surface area contributed by atoms with Gasteiger partial charge in [-0.15, -0.1) is 0 Å². The Hall–Kier alpha value is -2.67. The van der Waals surface area contributed by atoms with Gasteiger partial charge in [-0.3, -0.25) is 14.4 Å². The van der Waals surface area contributed by atoms with Crippen LogP contribution in [0.15, 0.2) is 30.5 Å². The fourth-order valence-electron chi connectivity index (χ4n) is 3.08. The first-order chi connectivity index (χ1) is 12.0. The minimum absolute atomic E-state index is 0.0485. The van der Waals surface area contributed by atoms with Gasteiger partial charge in [0.05, 0.1) is 5.56 Å². The topological polar surface area (TPSA) is 87.5 Å². The monoisotopic (exact) mass is 342 g/mol. The van der Waals surface area contributed by atoms with E-state index in [4.69, 9.17) is 5.11 Å². The lowest BCUT2D eigenvalue weighted by molar-refractivity contribution is 0.0685. The molecule has 0 spiro atoms. The number of aryl methyl sites for hydroxylation is 1. The maximum Gasteiger partial charge on any atom is 0.357 e. The van der Waals surface area contributed by atoms with Crippen LogP contribution in [0.4, 0.5) is 5.69 Å². The van der Waals surface area contributed by atoms with Crippen molar-refractivity contribution in [3.8, 4) is 0 Å². The molecule has 0 radical (unpaired) electrons. The molecule has 1 aliphatic rings. The van der Waals surface area contributed by atoms with Crippen LogP contribution in [0.1, 0.15) is 45.7 Å². The van der Waals surface area contributed by atoms with Crippen molar-refractivity contribution in [1.82, 2.24) is 14.7 Å². The van der Waals surface area contributed by atoms with E-state index in [-0.39, 0.29) is 11.3 Å². The van der Waals surface area contributed by atoms with Gasteiger partial charge in [0.15, 0.2) is 5.69 Å². The second-order valence-electron chi connectivity index (χ2n) is 6.36. The Bertz CT molecular complexity index is 761. The van der Waals surface area contributed by atoms with Crippen molar-refractivity contribution in [2.24, 2.45) is 7.05 Å². The summed E-state index contributed by atoms with van der Waals surface area (Å²) in [6.45, 7) is 3.19. The Morgan fingerprint density at radius 2 is 1.84 bits per heavy atom. The maximum atomic E-state index is 12.3. The summed E-state index contributed by atoms with van der Waals surface area (Å²) in [5.41, 5.74) is 1.63. The molecule has 2 N–H and O–H groups in total. The van der Waals surface area contributed by atoms with Crippen LogP contribution in [0, 0.1) is 0 Å². The zero-order valence-corrected chi connectivity index (χ0v) is 14.2. The summed E-state index contributed by atoms with van der Waals surface area (Å²) in [6, 6.07) is 7.67. The maximum absolute atomic E-state index is 12.3. The third-order valence-electron chi connectivity index (χ3n) is 4.34. The molecule has 132 valence electrons. The molecule has 7 nitrogen and oxygen atoms in total. The molecule has 1 amide bonds. The highest BCUT2D eigenvalue weighted by atomic mass is 16.4. The summed E-state index contributed by atoms with van der Waals surface area (Å²) >= 11 is 0. The molecule has 0 bridgehead atoms. The second kappa shape index (κ2) is 7.48. The number of carboxylic acids is 1. The molecule has 1 aliphatic heterocycles. The number of nitrogens with one attached hydrogen (secondary N) is 1. The largest absolute Gasteiger partial charge is 0.476 e. The van der Waals surface area contributed by atoms with Gasteiger partial charge in [0.1, 0.15) is 0 Å². The summed E-state index contributed by atoms with van der Waals surface area (Å²) < 4.78 is 1.32. The number of anilines is 1. The van der Waals surface area contributed by atoms with E-state index < -0.39 is 11.9 Å². The molecular weight excluding hydrogens is 320 g/mol. The number of hydrogen-bond acceptors (Lipinski definition) is 4. The molecule has 2 heterocycles. The Morgan fingerprint density at radius 1 is 1.16 bits per heavy atom. The lowest BCUT2D eigenvalue weighted by Crippen LogP contribution is -2.29.